The Bertz CT molecular complexity index is 776. The number of esters is 2. The second-order valence-electron chi connectivity index (χ2n) is 5.73. The Balaban J connectivity index is 2.86. The second-order valence-corrected chi connectivity index (χ2v) is 6.33. The molecule has 0 amide bonds. The SMILES string of the molecule is COC(=O)C1=Cc2ccccc2C(C(C)N([O-])O)C(Cl)(C(=O)OC)C1=O. The Labute approximate surface area is 154 Å². The smallest absolute Gasteiger partial charge is 0.341 e. The van der Waals surface area contributed by atoms with Crippen molar-refractivity contribution in [3.05, 3.63) is 46.2 Å². The van der Waals surface area contributed by atoms with Crippen LogP contribution in [0.15, 0.2) is 29.8 Å². The van der Waals surface area contributed by atoms with Crippen molar-refractivity contribution < 1.29 is 29.1 Å². The Kier molecular flexibility index (Phi) is 5.82. The fraction of sp³-hybridized carbons (Fsp3) is 0.353. The maximum Gasteiger partial charge on any atom is 0.341 e. The third-order valence-corrected chi connectivity index (χ3v) is 4.91. The number of alkyl halides is 1. The molecule has 9 heteroatoms. The number of hydrogen-bond acceptors (Lipinski definition) is 8. The van der Waals surface area contributed by atoms with Gasteiger partial charge in [0.25, 0.3) is 0 Å². The Morgan fingerprint density at radius 1 is 1.31 bits per heavy atom. The molecule has 1 aromatic carbocycles. The summed E-state index contributed by atoms with van der Waals surface area (Å²) >= 11 is 6.46. The van der Waals surface area contributed by atoms with Gasteiger partial charge >= 0.3 is 11.9 Å². The van der Waals surface area contributed by atoms with Crippen LogP contribution in [-0.4, -0.2) is 53.3 Å². The fourth-order valence-corrected chi connectivity index (χ4v) is 3.53. The Morgan fingerprint density at radius 3 is 2.46 bits per heavy atom. The average Bonchev–Trinajstić information content (AvgIpc) is 2.73. The summed E-state index contributed by atoms with van der Waals surface area (Å²) < 4.78 is 9.30. The highest BCUT2D eigenvalue weighted by atomic mass is 35.5. The lowest BCUT2D eigenvalue weighted by atomic mass is 9.77. The molecule has 0 aromatic heterocycles. The predicted molar refractivity (Wildman–Crippen MR) is 91.2 cm³/mol. The fourth-order valence-electron chi connectivity index (χ4n) is 3.05. The molecule has 0 aliphatic heterocycles. The van der Waals surface area contributed by atoms with E-state index >= 15 is 0 Å². The van der Waals surface area contributed by atoms with E-state index in [-0.39, 0.29) is 0 Å². The number of carbonyl (C=O) groups excluding carboxylic acids is 3. The minimum absolute atomic E-state index is 0.322. The van der Waals surface area contributed by atoms with E-state index in [2.05, 4.69) is 9.47 Å². The number of hydrogen-bond donors (Lipinski definition) is 1. The second kappa shape index (κ2) is 7.55. The molecule has 140 valence electrons. The molecule has 1 aliphatic carbocycles. The van der Waals surface area contributed by atoms with Crippen LogP contribution in [0.4, 0.5) is 0 Å². The van der Waals surface area contributed by atoms with Gasteiger partial charge in [0.2, 0.25) is 10.7 Å². The van der Waals surface area contributed by atoms with Crippen molar-refractivity contribution in [2.45, 2.75) is 23.8 Å². The number of ether oxygens (including phenoxy) is 2. The zero-order valence-electron chi connectivity index (χ0n) is 14.3. The molecule has 3 unspecified atom stereocenters. The van der Waals surface area contributed by atoms with Crippen LogP contribution in [-0.2, 0) is 23.9 Å². The van der Waals surface area contributed by atoms with E-state index in [1.807, 2.05) is 0 Å². The van der Waals surface area contributed by atoms with Crippen molar-refractivity contribution in [3.63, 3.8) is 0 Å². The molecular formula is C17H17ClNO7-. The van der Waals surface area contributed by atoms with E-state index in [1.54, 1.807) is 24.3 Å². The lowest BCUT2D eigenvalue weighted by molar-refractivity contribution is -0.150. The van der Waals surface area contributed by atoms with Gasteiger partial charge in [-0.1, -0.05) is 35.9 Å². The molecule has 0 fully saturated rings. The van der Waals surface area contributed by atoms with E-state index in [9.17, 15) is 24.8 Å². The van der Waals surface area contributed by atoms with Gasteiger partial charge < -0.3 is 19.9 Å². The highest BCUT2D eigenvalue weighted by molar-refractivity contribution is 6.51. The predicted octanol–water partition coefficient (Wildman–Crippen LogP) is 1.64. The molecule has 1 aromatic rings. The number of Topliss-reactive ketones (excluding diaryl/α,β-unsaturated/α-hetero) is 1. The van der Waals surface area contributed by atoms with Crippen molar-refractivity contribution in [3.8, 4) is 0 Å². The number of halogens is 1. The minimum Gasteiger partial charge on any atom is -0.762 e. The lowest BCUT2D eigenvalue weighted by Crippen LogP contribution is -2.53. The van der Waals surface area contributed by atoms with Crippen LogP contribution >= 0.6 is 11.6 Å². The van der Waals surface area contributed by atoms with Gasteiger partial charge in [-0.3, -0.25) is 10.0 Å². The van der Waals surface area contributed by atoms with Gasteiger partial charge in [-0.15, -0.1) is 0 Å². The maximum absolute atomic E-state index is 13.1. The maximum atomic E-state index is 13.1. The normalized spacial score (nSPS) is 23.6. The number of ketones is 1. The molecule has 8 nitrogen and oxygen atoms in total. The number of benzene rings is 1. The minimum atomic E-state index is -2.45. The van der Waals surface area contributed by atoms with E-state index in [0.717, 1.165) is 14.2 Å². The average molecular weight is 383 g/mol. The van der Waals surface area contributed by atoms with E-state index < -0.39 is 45.4 Å². The van der Waals surface area contributed by atoms with Crippen molar-refractivity contribution in [1.82, 2.24) is 5.23 Å². The van der Waals surface area contributed by atoms with Crippen molar-refractivity contribution in [2.75, 3.05) is 14.2 Å². The summed E-state index contributed by atoms with van der Waals surface area (Å²) in [5.74, 6) is -4.53. The van der Waals surface area contributed by atoms with E-state index in [1.165, 1.54) is 13.0 Å². The van der Waals surface area contributed by atoms with Crippen molar-refractivity contribution >= 4 is 35.4 Å². The molecule has 0 bridgehead atoms. The first-order chi connectivity index (χ1) is 12.2. The third-order valence-electron chi connectivity index (χ3n) is 4.35. The molecular weight excluding hydrogens is 366 g/mol. The monoisotopic (exact) mass is 382 g/mol. The van der Waals surface area contributed by atoms with Gasteiger partial charge in [-0.2, -0.15) is 0 Å². The molecule has 0 saturated heterocycles. The largest absolute Gasteiger partial charge is 0.762 e. The van der Waals surface area contributed by atoms with E-state index in [0.29, 0.717) is 11.1 Å². The van der Waals surface area contributed by atoms with Crippen LogP contribution in [0.3, 0.4) is 0 Å². The first-order valence-electron chi connectivity index (χ1n) is 7.56. The van der Waals surface area contributed by atoms with Crippen molar-refractivity contribution in [2.24, 2.45) is 0 Å². The van der Waals surface area contributed by atoms with Gasteiger partial charge in [-0.25, -0.2) is 9.59 Å². The number of nitrogens with zero attached hydrogens (tertiary/aromatic N) is 1. The van der Waals surface area contributed by atoms with Crippen LogP contribution in [0.25, 0.3) is 6.08 Å². The van der Waals surface area contributed by atoms with Gasteiger partial charge in [-0.05, 0) is 24.1 Å². The number of hydroxylamine groups is 2. The summed E-state index contributed by atoms with van der Waals surface area (Å²) in [5.41, 5.74) is 0.236. The zero-order valence-corrected chi connectivity index (χ0v) is 15.0. The highest BCUT2D eigenvalue weighted by Gasteiger charge is 2.57. The lowest BCUT2D eigenvalue weighted by Gasteiger charge is -2.40. The zero-order chi connectivity index (χ0) is 19.6. The van der Waals surface area contributed by atoms with Crippen LogP contribution in [0.1, 0.15) is 24.0 Å². The molecule has 0 spiro atoms. The van der Waals surface area contributed by atoms with Crippen LogP contribution in [0.2, 0.25) is 0 Å². The van der Waals surface area contributed by atoms with Gasteiger partial charge in [0.05, 0.1) is 14.2 Å². The molecule has 0 saturated carbocycles. The molecule has 26 heavy (non-hydrogen) atoms. The summed E-state index contributed by atoms with van der Waals surface area (Å²) in [6.07, 6.45) is 1.24. The highest BCUT2D eigenvalue weighted by Crippen LogP contribution is 2.45. The summed E-state index contributed by atoms with van der Waals surface area (Å²) in [6.45, 7) is 1.30. The Hall–Kier alpha value is -2.26. The molecule has 2 rings (SSSR count). The molecule has 0 radical (unpaired) electrons. The van der Waals surface area contributed by atoms with Crippen LogP contribution < -0.4 is 0 Å². The third kappa shape index (κ3) is 3.12. The molecule has 1 N–H and O–H groups in total. The van der Waals surface area contributed by atoms with Gasteiger partial charge in [0, 0.05) is 12.0 Å². The standard InChI is InChI=1S/C17H17ClNO7/c1-9(19(23)24)13-11-7-5-4-6-10(11)8-12(15(21)25-2)14(20)17(13,18)16(22)26-3/h4-9,13,23H,1-3H3/q-1. The quantitative estimate of drug-likeness (QED) is 0.274. The van der Waals surface area contributed by atoms with Crippen LogP contribution in [0.5, 0.6) is 0 Å². The van der Waals surface area contributed by atoms with Gasteiger partial charge in [0.1, 0.15) is 5.57 Å². The Morgan fingerprint density at radius 2 is 1.92 bits per heavy atom. The summed E-state index contributed by atoms with van der Waals surface area (Å²) in [4.78, 5) is 35.2. The summed E-state index contributed by atoms with van der Waals surface area (Å²) in [7, 11) is 2.10. The molecule has 3 atom stereocenters. The molecule has 0 heterocycles. The number of fused-ring (bicyclic) bond motifs is 1. The molecule has 1 aliphatic rings. The first-order valence-corrected chi connectivity index (χ1v) is 7.94. The topological polar surface area (TPSA) is 116 Å². The van der Waals surface area contributed by atoms with E-state index in [4.69, 9.17) is 11.6 Å². The number of methoxy groups -OCH3 is 2. The number of carbonyl (C=O) groups is 3. The van der Waals surface area contributed by atoms with Crippen molar-refractivity contribution in [1.29, 1.82) is 0 Å². The van der Waals surface area contributed by atoms with Crippen LogP contribution in [0, 0.1) is 5.21 Å². The first kappa shape index (κ1) is 20.1. The van der Waals surface area contributed by atoms with Gasteiger partial charge in [0.15, 0.2) is 0 Å². The number of rotatable bonds is 4. The summed E-state index contributed by atoms with van der Waals surface area (Å²) in [6, 6.07) is 5.08. The summed E-state index contributed by atoms with van der Waals surface area (Å²) in [5, 5.41) is 20.6.